The SMILES string of the molecule is CCOC(=O)c1cc(C)cc(Br)c1OC. The van der Waals surface area contributed by atoms with Crippen molar-refractivity contribution in [2.45, 2.75) is 13.8 Å². The Morgan fingerprint density at radius 2 is 2.13 bits per heavy atom. The predicted octanol–water partition coefficient (Wildman–Crippen LogP) is 2.94. The summed E-state index contributed by atoms with van der Waals surface area (Å²) in [6.45, 7) is 4.04. The van der Waals surface area contributed by atoms with Crippen LogP contribution in [0.25, 0.3) is 0 Å². The van der Waals surface area contributed by atoms with Gasteiger partial charge in [-0.05, 0) is 47.5 Å². The third-order valence-electron chi connectivity index (χ3n) is 1.89. The van der Waals surface area contributed by atoms with Crippen LogP contribution in [0.15, 0.2) is 16.6 Å². The molecule has 82 valence electrons. The minimum absolute atomic E-state index is 0.355. The molecule has 0 aromatic heterocycles. The fourth-order valence-electron chi connectivity index (χ4n) is 1.30. The number of ether oxygens (including phenoxy) is 2. The Hall–Kier alpha value is -1.03. The maximum Gasteiger partial charge on any atom is 0.341 e. The van der Waals surface area contributed by atoms with Gasteiger partial charge in [0.2, 0.25) is 0 Å². The maximum atomic E-state index is 11.6. The standard InChI is InChI=1S/C11H13BrO3/c1-4-15-11(13)8-5-7(2)6-9(12)10(8)14-3/h5-6H,4H2,1-3H3. The smallest absolute Gasteiger partial charge is 0.341 e. The lowest BCUT2D eigenvalue weighted by molar-refractivity contribution is 0.0522. The molecule has 0 saturated heterocycles. The van der Waals surface area contributed by atoms with Crippen molar-refractivity contribution in [2.24, 2.45) is 0 Å². The van der Waals surface area contributed by atoms with Gasteiger partial charge in [-0.15, -0.1) is 0 Å². The molecule has 0 aliphatic rings. The molecule has 15 heavy (non-hydrogen) atoms. The van der Waals surface area contributed by atoms with Crippen LogP contribution < -0.4 is 4.74 Å². The van der Waals surface area contributed by atoms with Crippen molar-refractivity contribution in [3.05, 3.63) is 27.7 Å². The summed E-state index contributed by atoms with van der Waals surface area (Å²) < 4.78 is 10.8. The topological polar surface area (TPSA) is 35.5 Å². The number of rotatable bonds is 3. The average Bonchev–Trinajstić information content (AvgIpc) is 2.17. The van der Waals surface area contributed by atoms with Gasteiger partial charge in [0.1, 0.15) is 11.3 Å². The molecule has 0 unspecified atom stereocenters. The predicted molar refractivity (Wildman–Crippen MR) is 61.4 cm³/mol. The first kappa shape index (κ1) is 12.0. The quantitative estimate of drug-likeness (QED) is 0.794. The third-order valence-corrected chi connectivity index (χ3v) is 2.48. The highest BCUT2D eigenvalue weighted by molar-refractivity contribution is 9.10. The largest absolute Gasteiger partial charge is 0.495 e. The monoisotopic (exact) mass is 272 g/mol. The second-order valence-corrected chi connectivity index (χ2v) is 3.90. The number of esters is 1. The van der Waals surface area contributed by atoms with E-state index in [4.69, 9.17) is 9.47 Å². The molecule has 0 aliphatic heterocycles. The van der Waals surface area contributed by atoms with Gasteiger partial charge in [-0.1, -0.05) is 0 Å². The van der Waals surface area contributed by atoms with Gasteiger partial charge in [0.25, 0.3) is 0 Å². The Bertz CT molecular complexity index is 374. The number of hydrogen-bond donors (Lipinski definition) is 0. The van der Waals surface area contributed by atoms with Crippen LogP contribution in [0.1, 0.15) is 22.8 Å². The molecule has 0 bridgehead atoms. The van der Waals surface area contributed by atoms with E-state index in [-0.39, 0.29) is 5.97 Å². The van der Waals surface area contributed by atoms with E-state index in [9.17, 15) is 4.79 Å². The van der Waals surface area contributed by atoms with Crippen molar-refractivity contribution in [1.82, 2.24) is 0 Å². The molecule has 0 radical (unpaired) electrons. The van der Waals surface area contributed by atoms with Crippen LogP contribution in [0.3, 0.4) is 0 Å². The van der Waals surface area contributed by atoms with Crippen LogP contribution in [0, 0.1) is 6.92 Å². The molecule has 0 fully saturated rings. The molecular weight excluding hydrogens is 260 g/mol. The van der Waals surface area contributed by atoms with E-state index in [1.165, 1.54) is 7.11 Å². The fraction of sp³-hybridized carbons (Fsp3) is 0.364. The van der Waals surface area contributed by atoms with Crippen molar-refractivity contribution in [3.63, 3.8) is 0 Å². The Morgan fingerprint density at radius 1 is 1.47 bits per heavy atom. The van der Waals surface area contributed by atoms with Gasteiger partial charge in [-0.3, -0.25) is 0 Å². The zero-order valence-electron chi connectivity index (χ0n) is 8.96. The Labute approximate surface area is 97.5 Å². The van der Waals surface area contributed by atoms with Crippen LogP contribution in [0.5, 0.6) is 5.75 Å². The lowest BCUT2D eigenvalue weighted by atomic mass is 10.1. The van der Waals surface area contributed by atoms with Crippen molar-refractivity contribution >= 4 is 21.9 Å². The molecule has 0 aliphatic carbocycles. The summed E-state index contributed by atoms with van der Waals surface area (Å²) >= 11 is 3.34. The normalized spacial score (nSPS) is 9.87. The number of carbonyl (C=O) groups excluding carboxylic acids is 1. The third kappa shape index (κ3) is 2.72. The van der Waals surface area contributed by atoms with Crippen molar-refractivity contribution in [3.8, 4) is 5.75 Å². The van der Waals surface area contributed by atoms with Crippen LogP contribution in [0.4, 0.5) is 0 Å². The van der Waals surface area contributed by atoms with Crippen LogP contribution in [-0.4, -0.2) is 19.7 Å². The molecule has 0 amide bonds. The molecule has 0 N–H and O–H groups in total. The molecule has 0 spiro atoms. The first-order valence-electron chi connectivity index (χ1n) is 4.61. The first-order valence-corrected chi connectivity index (χ1v) is 5.40. The molecule has 3 nitrogen and oxygen atoms in total. The van der Waals surface area contributed by atoms with Gasteiger partial charge in [-0.2, -0.15) is 0 Å². The lowest BCUT2D eigenvalue weighted by Gasteiger charge is -2.10. The summed E-state index contributed by atoms with van der Waals surface area (Å²) in [7, 11) is 1.53. The summed E-state index contributed by atoms with van der Waals surface area (Å²) in [6, 6.07) is 3.64. The van der Waals surface area contributed by atoms with E-state index < -0.39 is 0 Å². The van der Waals surface area contributed by atoms with E-state index in [1.54, 1.807) is 13.0 Å². The van der Waals surface area contributed by atoms with Crippen molar-refractivity contribution in [2.75, 3.05) is 13.7 Å². The van der Waals surface area contributed by atoms with E-state index >= 15 is 0 Å². The minimum Gasteiger partial charge on any atom is -0.495 e. The van der Waals surface area contributed by atoms with Gasteiger partial charge in [-0.25, -0.2) is 4.79 Å². The number of aryl methyl sites for hydroxylation is 1. The summed E-state index contributed by atoms with van der Waals surface area (Å²) in [5.74, 6) is 0.151. The van der Waals surface area contributed by atoms with Crippen LogP contribution in [0.2, 0.25) is 0 Å². The summed E-state index contributed by atoms with van der Waals surface area (Å²) in [5, 5.41) is 0. The van der Waals surface area contributed by atoms with Gasteiger partial charge in [0, 0.05) is 0 Å². The van der Waals surface area contributed by atoms with Gasteiger partial charge >= 0.3 is 5.97 Å². The Kier molecular flexibility index (Phi) is 4.15. The highest BCUT2D eigenvalue weighted by Crippen LogP contribution is 2.30. The zero-order valence-corrected chi connectivity index (χ0v) is 10.6. The van der Waals surface area contributed by atoms with Gasteiger partial charge < -0.3 is 9.47 Å². The number of halogens is 1. The number of hydrogen-bond acceptors (Lipinski definition) is 3. The summed E-state index contributed by atoms with van der Waals surface area (Å²) in [5.41, 5.74) is 1.43. The number of benzene rings is 1. The number of methoxy groups -OCH3 is 1. The van der Waals surface area contributed by atoms with Crippen LogP contribution in [-0.2, 0) is 4.74 Å². The summed E-state index contributed by atoms with van der Waals surface area (Å²) in [4.78, 5) is 11.6. The molecular formula is C11H13BrO3. The van der Waals surface area contributed by atoms with Gasteiger partial charge in [0.05, 0.1) is 18.2 Å². The second kappa shape index (κ2) is 5.16. The second-order valence-electron chi connectivity index (χ2n) is 3.05. The molecule has 0 heterocycles. The molecule has 0 saturated carbocycles. The van der Waals surface area contributed by atoms with E-state index in [2.05, 4.69) is 15.9 Å². The zero-order chi connectivity index (χ0) is 11.4. The average molecular weight is 273 g/mol. The highest BCUT2D eigenvalue weighted by atomic mass is 79.9. The van der Waals surface area contributed by atoms with Crippen molar-refractivity contribution < 1.29 is 14.3 Å². The minimum atomic E-state index is -0.362. The first-order chi connectivity index (χ1) is 7.10. The summed E-state index contributed by atoms with van der Waals surface area (Å²) in [6.07, 6.45) is 0. The fourth-order valence-corrected chi connectivity index (χ4v) is 2.03. The number of carbonyl (C=O) groups is 1. The van der Waals surface area contributed by atoms with E-state index in [0.29, 0.717) is 17.9 Å². The molecule has 1 aromatic rings. The molecule has 1 aromatic carbocycles. The van der Waals surface area contributed by atoms with Gasteiger partial charge in [0.15, 0.2) is 0 Å². The molecule has 4 heteroatoms. The maximum absolute atomic E-state index is 11.6. The lowest BCUT2D eigenvalue weighted by Crippen LogP contribution is -2.07. The highest BCUT2D eigenvalue weighted by Gasteiger charge is 2.16. The Balaban J connectivity index is 3.20. The molecule has 1 rings (SSSR count). The van der Waals surface area contributed by atoms with Crippen LogP contribution >= 0.6 is 15.9 Å². The van der Waals surface area contributed by atoms with Crippen molar-refractivity contribution in [1.29, 1.82) is 0 Å². The Morgan fingerprint density at radius 3 is 2.67 bits per heavy atom. The van der Waals surface area contributed by atoms with E-state index in [0.717, 1.165) is 10.0 Å². The van der Waals surface area contributed by atoms with E-state index in [1.807, 2.05) is 13.0 Å². The molecule has 0 atom stereocenters.